The Morgan fingerprint density at radius 1 is 1.16 bits per heavy atom. The second kappa shape index (κ2) is 9.39. The number of nitrogens with zero attached hydrogens (tertiary/aromatic N) is 6. The summed E-state index contributed by atoms with van der Waals surface area (Å²) in [4.78, 5) is 11.4. The van der Waals surface area contributed by atoms with Crippen LogP contribution in [0.2, 0.25) is 5.02 Å². The lowest BCUT2D eigenvalue weighted by Crippen LogP contribution is -2.34. The van der Waals surface area contributed by atoms with E-state index in [4.69, 9.17) is 33.9 Å². The first-order valence-electron chi connectivity index (χ1n) is 11.0. The topological polar surface area (TPSA) is 51.8 Å². The predicted molar refractivity (Wildman–Crippen MR) is 133 cm³/mol. The van der Waals surface area contributed by atoms with Gasteiger partial charge in [0.05, 0.1) is 21.9 Å². The highest BCUT2D eigenvalue weighted by Gasteiger charge is 2.24. The van der Waals surface area contributed by atoms with Gasteiger partial charge in [-0.3, -0.25) is 14.5 Å². The maximum absolute atomic E-state index is 6.13. The van der Waals surface area contributed by atoms with E-state index in [9.17, 15) is 0 Å². The molecule has 0 aliphatic carbocycles. The second-order valence-electron chi connectivity index (χ2n) is 8.19. The fraction of sp³-hybridized carbons (Fsp3) is 0.391. The highest BCUT2D eigenvalue weighted by molar-refractivity contribution is 7.71. The molecule has 0 unspecified atom stereocenters. The number of thiazole rings is 1. The third kappa shape index (κ3) is 4.37. The van der Waals surface area contributed by atoms with Crippen LogP contribution in [0.5, 0.6) is 0 Å². The van der Waals surface area contributed by atoms with Crippen LogP contribution in [0.15, 0.2) is 42.7 Å². The van der Waals surface area contributed by atoms with Gasteiger partial charge in [-0.1, -0.05) is 18.5 Å². The third-order valence-corrected chi connectivity index (χ3v) is 7.81. The molecule has 1 fully saturated rings. The Hall–Kier alpha value is -2.13. The van der Waals surface area contributed by atoms with E-state index < -0.39 is 0 Å². The van der Waals surface area contributed by atoms with Crippen molar-refractivity contribution >= 4 is 45.4 Å². The highest BCUT2D eigenvalue weighted by Crippen LogP contribution is 2.34. The van der Waals surface area contributed by atoms with Gasteiger partial charge in [0.2, 0.25) is 0 Å². The van der Waals surface area contributed by atoms with Crippen molar-refractivity contribution in [1.29, 1.82) is 0 Å². The quantitative estimate of drug-likeness (QED) is 0.315. The van der Waals surface area contributed by atoms with E-state index in [0.29, 0.717) is 5.92 Å². The Kier molecular flexibility index (Phi) is 6.37. The van der Waals surface area contributed by atoms with Gasteiger partial charge in [-0.2, -0.15) is 5.10 Å². The smallest absolute Gasteiger partial charge is 0.199 e. The molecule has 0 saturated carbocycles. The van der Waals surface area contributed by atoms with Crippen molar-refractivity contribution < 1.29 is 0 Å². The number of hydrogen-bond acceptors (Lipinski definition) is 6. The Bertz CT molecular complexity index is 1270. The summed E-state index contributed by atoms with van der Waals surface area (Å²) in [7, 11) is 0. The summed E-state index contributed by atoms with van der Waals surface area (Å²) >= 11 is 13.7. The van der Waals surface area contributed by atoms with Crippen LogP contribution in [0.1, 0.15) is 37.1 Å². The summed E-state index contributed by atoms with van der Waals surface area (Å²) in [6, 6.07) is 9.95. The summed E-state index contributed by atoms with van der Waals surface area (Å²) in [6.07, 6.45) is 6.79. The maximum Gasteiger partial charge on any atom is 0.199 e. The molecule has 4 aromatic rings. The molecule has 1 aliphatic rings. The van der Waals surface area contributed by atoms with Gasteiger partial charge < -0.3 is 0 Å². The molecule has 0 atom stereocenters. The van der Waals surface area contributed by atoms with Crippen molar-refractivity contribution in [2.45, 2.75) is 45.3 Å². The van der Waals surface area contributed by atoms with Gasteiger partial charge in [-0.05, 0) is 61.8 Å². The van der Waals surface area contributed by atoms with Gasteiger partial charge in [-0.25, -0.2) is 9.67 Å². The SMILES string of the molecule is CCCn1c(-c2ccncc2)nn(CN2CCC(c3nc4cc(Cl)ccc4s3)CC2)c1=S. The van der Waals surface area contributed by atoms with E-state index in [1.807, 2.05) is 28.9 Å². The Morgan fingerprint density at radius 2 is 1.94 bits per heavy atom. The summed E-state index contributed by atoms with van der Waals surface area (Å²) in [6.45, 7) is 5.76. The van der Waals surface area contributed by atoms with Crippen molar-refractivity contribution in [2.75, 3.05) is 13.1 Å². The van der Waals surface area contributed by atoms with Gasteiger partial charge in [0.15, 0.2) is 10.6 Å². The van der Waals surface area contributed by atoms with Crippen LogP contribution < -0.4 is 0 Å². The lowest BCUT2D eigenvalue weighted by atomic mass is 9.98. The zero-order valence-corrected chi connectivity index (χ0v) is 20.3. The van der Waals surface area contributed by atoms with E-state index in [1.165, 1.54) is 9.71 Å². The monoisotopic (exact) mass is 484 g/mol. The van der Waals surface area contributed by atoms with Gasteiger partial charge in [-0.15, -0.1) is 11.3 Å². The second-order valence-corrected chi connectivity index (χ2v) is 10.1. The molecule has 32 heavy (non-hydrogen) atoms. The Morgan fingerprint density at radius 3 is 2.69 bits per heavy atom. The standard InChI is InChI=1S/C23H25ClN6S2/c1-2-11-29-21(16-5-9-25-10-6-16)27-30(23(29)31)15-28-12-7-17(8-13-28)22-26-19-14-18(24)3-4-20(19)32-22/h3-6,9-10,14,17H,2,7-8,11-13,15H2,1H3. The van der Waals surface area contributed by atoms with E-state index in [1.54, 1.807) is 23.7 Å². The number of fused-ring (bicyclic) bond motifs is 1. The van der Waals surface area contributed by atoms with Gasteiger partial charge >= 0.3 is 0 Å². The fourth-order valence-electron chi connectivity index (χ4n) is 4.28. The van der Waals surface area contributed by atoms with Crippen molar-refractivity contribution in [2.24, 2.45) is 0 Å². The molecular weight excluding hydrogens is 460 g/mol. The van der Waals surface area contributed by atoms with Crippen LogP contribution in [0.3, 0.4) is 0 Å². The van der Waals surface area contributed by atoms with E-state index in [2.05, 4.69) is 27.4 Å². The van der Waals surface area contributed by atoms with Crippen LogP contribution >= 0.6 is 35.2 Å². The zero-order chi connectivity index (χ0) is 22.1. The Balaban J connectivity index is 1.30. The van der Waals surface area contributed by atoms with Crippen molar-refractivity contribution in [3.05, 3.63) is 57.5 Å². The molecule has 0 N–H and O–H groups in total. The average Bonchev–Trinajstić information content (AvgIpc) is 3.37. The van der Waals surface area contributed by atoms with Crippen molar-refractivity contribution in [3.8, 4) is 11.4 Å². The number of aromatic nitrogens is 5. The lowest BCUT2D eigenvalue weighted by Gasteiger charge is -2.30. The zero-order valence-electron chi connectivity index (χ0n) is 17.9. The fourth-order valence-corrected chi connectivity index (χ4v) is 5.84. The minimum absolute atomic E-state index is 0.500. The normalized spacial score (nSPS) is 15.6. The van der Waals surface area contributed by atoms with E-state index in [-0.39, 0.29) is 0 Å². The van der Waals surface area contributed by atoms with Gasteiger partial charge in [0.25, 0.3) is 0 Å². The molecule has 1 aliphatic heterocycles. The minimum atomic E-state index is 0.500. The molecule has 0 amide bonds. The number of likely N-dealkylation sites (tertiary alicyclic amines) is 1. The molecule has 1 aromatic carbocycles. The lowest BCUT2D eigenvalue weighted by molar-refractivity contribution is 0.160. The molecule has 9 heteroatoms. The maximum atomic E-state index is 6.13. The van der Waals surface area contributed by atoms with Crippen LogP contribution in [0.4, 0.5) is 0 Å². The van der Waals surface area contributed by atoms with E-state index in [0.717, 1.165) is 72.3 Å². The molecule has 6 nitrogen and oxygen atoms in total. The summed E-state index contributed by atoms with van der Waals surface area (Å²) < 4.78 is 6.11. The molecule has 0 bridgehead atoms. The van der Waals surface area contributed by atoms with Crippen LogP contribution in [0.25, 0.3) is 21.6 Å². The van der Waals surface area contributed by atoms with Crippen LogP contribution in [-0.4, -0.2) is 42.3 Å². The van der Waals surface area contributed by atoms with Gasteiger partial charge in [0.1, 0.15) is 0 Å². The molecule has 1 saturated heterocycles. The first-order valence-corrected chi connectivity index (χ1v) is 12.6. The minimum Gasteiger partial charge on any atom is -0.300 e. The molecule has 5 rings (SSSR count). The third-order valence-electron chi connectivity index (χ3n) is 5.95. The predicted octanol–water partition coefficient (Wildman–Crippen LogP) is 5.99. The molecule has 0 spiro atoms. The van der Waals surface area contributed by atoms with Crippen molar-refractivity contribution in [1.82, 2.24) is 29.2 Å². The van der Waals surface area contributed by atoms with Gasteiger partial charge in [0, 0.05) is 48.5 Å². The van der Waals surface area contributed by atoms with Crippen LogP contribution in [0, 0.1) is 4.77 Å². The summed E-state index contributed by atoms with van der Waals surface area (Å²) in [5.41, 5.74) is 2.06. The van der Waals surface area contributed by atoms with E-state index >= 15 is 0 Å². The number of rotatable bonds is 6. The van der Waals surface area contributed by atoms with Crippen LogP contribution in [-0.2, 0) is 13.2 Å². The largest absolute Gasteiger partial charge is 0.300 e. The molecule has 4 heterocycles. The molecule has 0 radical (unpaired) electrons. The number of pyridine rings is 1. The number of piperidine rings is 1. The number of halogens is 1. The molecule has 166 valence electrons. The average molecular weight is 485 g/mol. The highest BCUT2D eigenvalue weighted by atomic mass is 35.5. The van der Waals surface area contributed by atoms with Crippen molar-refractivity contribution in [3.63, 3.8) is 0 Å². The number of benzene rings is 1. The first kappa shape index (κ1) is 21.7. The summed E-state index contributed by atoms with van der Waals surface area (Å²) in [5.74, 6) is 1.42. The molecular formula is C23H25ClN6S2. The Labute approximate surface area is 201 Å². The summed E-state index contributed by atoms with van der Waals surface area (Å²) in [5, 5.41) is 6.86. The molecule has 3 aromatic heterocycles. The first-order chi connectivity index (χ1) is 15.6. The number of hydrogen-bond donors (Lipinski definition) is 0.